The van der Waals surface area contributed by atoms with Crippen molar-refractivity contribution < 1.29 is 0 Å². The summed E-state index contributed by atoms with van der Waals surface area (Å²) in [6.45, 7) is 0.956. The van der Waals surface area contributed by atoms with Crippen molar-refractivity contribution >= 4 is 0 Å². The molecule has 1 unspecified atom stereocenters. The van der Waals surface area contributed by atoms with E-state index in [2.05, 4.69) is 27.4 Å². The molecule has 1 N–H and O–H groups in total. The van der Waals surface area contributed by atoms with Gasteiger partial charge in [0.15, 0.2) is 0 Å². The topological polar surface area (TPSA) is 37.8 Å². The molecule has 2 aromatic heterocycles. The summed E-state index contributed by atoms with van der Waals surface area (Å²) in [5, 5.41) is 3.58. The molecular formula is C15H17N3. The molecule has 0 amide bonds. The van der Waals surface area contributed by atoms with Crippen molar-refractivity contribution in [2.45, 2.75) is 25.3 Å². The minimum absolute atomic E-state index is 0.421. The fourth-order valence-electron chi connectivity index (χ4n) is 2.53. The van der Waals surface area contributed by atoms with Crippen LogP contribution in [0.15, 0.2) is 42.7 Å². The fraction of sp³-hybridized carbons (Fsp3) is 0.333. The lowest BCUT2D eigenvalue weighted by atomic mass is 10.2. The third kappa shape index (κ3) is 2.41. The summed E-state index contributed by atoms with van der Waals surface area (Å²) in [4.78, 5) is 8.82. The first-order chi connectivity index (χ1) is 8.93. The van der Waals surface area contributed by atoms with Gasteiger partial charge in [-0.1, -0.05) is 12.1 Å². The zero-order valence-electron chi connectivity index (χ0n) is 10.3. The lowest BCUT2D eigenvalue weighted by molar-refractivity contribution is 0.523. The van der Waals surface area contributed by atoms with E-state index in [1.165, 1.54) is 11.3 Å². The molecular weight excluding hydrogens is 222 g/mol. The molecule has 1 aliphatic rings. The molecule has 3 nitrogen and oxygen atoms in total. The molecule has 0 fully saturated rings. The van der Waals surface area contributed by atoms with Crippen LogP contribution in [0.4, 0.5) is 0 Å². The summed E-state index contributed by atoms with van der Waals surface area (Å²) < 4.78 is 0. The lowest BCUT2D eigenvalue weighted by Gasteiger charge is -2.12. The van der Waals surface area contributed by atoms with Crippen LogP contribution < -0.4 is 5.32 Å². The van der Waals surface area contributed by atoms with Gasteiger partial charge in [0.1, 0.15) is 0 Å². The molecule has 0 radical (unpaired) electrons. The van der Waals surface area contributed by atoms with Crippen molar-refractivity contribution in [3.8, 4) is 0 Å². The van der Waals surface area contributed by atoms with Crippen molar-refractivity contribution in [1.29, 1.82) is 0 Å². The Labute approximate surface area is 107 Å². The Morgan fingerprint density at radius 3 is 2.94 bits per heavy atom. The molecule has 0 spiro atoms. The molecule has 3 rings (SSSR count). The normalized spacial score (nSPS) is 17.7. The molecule has 0 aromatic carbocycles. The number of nitrogens with zero attached hydrogens (tertiary/aromatic N) is 2. The average molecular weight is 239 g/mol. The zero-order chi connectivity index (χ0) is 12.2. The van der Waals surface area contributed by atoms with Crippen LogP contribution in [0.2, 0.25) is 0 Å². The van der Waals surface area contributed by atoms with Gasteiger partial charge in [0.2, 0.25) is 0 Å². The predicted octanol–water partition coefficient (Wildman–Crippen LogP) is 2.30. The average Bonchev–Trinajstić information content (AvgIpc) is 2.84. The molecule has 1 atom stereocenters. The molecule has 0 bridgehead atoms. The van der Waals surface area contributed by atoms with Gasteiger partial charge >= 0.3 is 0 Å². The van der Waals surface area contributed by atoms with Crippen molar-refractivity contribution in [2.75, 3.05) is 6.54 Å². The van der Waals surface area contributed by atoms with Crippen LogP contribution in [0.25, 0.3) is 0 Å². The maximum Gasteiger partial charge on any atom is 0.0605 e. The number of aryl methyl sites for hydroxylation is 1. The monoisotopic (exact) mass is 239 g/mol. The minimum atomic E-state index is 0.421. The molecule has 1 aliphatic carbocycles. The van der Waals surface area contributed by atoms with Gasteiger partial charge in [-0.05, 0) is 36.6 Å². The first-order valence-corrected chi connectivity index (χ1v) is 6.50. The number of hydrogen-bond acceptors (Lipinski definition) is 3. The van der Waals surface area contributed by atoms with Gasteiger partial charge in [0.25, 0.3) is 0 Å². The van der Waals surface area contributed by atoms with Crippen LogP contribution in [0.5, 0.6) is 0 Å². The van der Waals surface area contributed by atoms with Crippen LogP contribution in [0.1, 0.15) is 29.4 Å². The van der Waals surface area contributed by atoms with Gasteiger partial charge < -0.3 is 5.32 Å². The predicted molar refractivity (Wildman–Crippen MR) is 71.2 cm³/mol. The van der Waals surface area contributed by atoms with E-state index in [9.17, 15) is 0 Å². The van der Waals surface area contributed by atoms with Crippen LogP contribution in [0.3, 0.4) is 0 Å². The van der Waals surface area contributed by atoms with E-state index >= 15 is 0 Å². The highest BCUT2D eigenvalue weighted by atomic mass is 14.9. The Bertz CT molecular complexity index is 510. The van der Waals surface area contributed by atoms with Gasteiger partial charge in [-0.25, -0.2) is 0 Å². The molecule has 0 aliphatic heterocycles. The van der Waals surface area contributed by atoms with E-state index in [1.54, 1.807) is 0 Å². The lowest BCUT2D eigenvalue weighted by Crippen LogP contribution is -2.22. The number of fused-ring (bicyclic) bond motifs is 1. The van der Waals surface area contributed by atoms with Gasteiger partial charge in [0.05, 0.1) is 11.7 Å². The number of pyridine rings is 2. The Balaban J connectivity index is 1.56. The Morgan fingerprint density at radius 1 is 1.11 bits per heavy atom. The summed E-state index contributed by atoms with van der Waals surface area (Å²) in [5.74, 6) is 0. The van der Waals surface area contributed by atoms with Gasteiger partial charge in [0, 0.05) is 31.1 Å². The summed E-state index contributed by atoms with van der Waals surface area (Å²) in [5.41, 5.74) is 3.77. The number of aromatic nitrogens is 2. The zero-order valence-corrected chi connectivity index (χ0v) is 10.3. The van der Waals surface area contributed by atoms with E-state index < -0.39 is 0 Å². The van der Waals surface area contributed by atoms with Gasteiger partial charge in [-0.3, -0.25) is 9.97 Å². The molecule has 0 saturated carbocycles. The number of nitrogens with one attached hydrogen (secondary N) is 1. The largest absolute Gasteiger partial charge is 0.308 e. The quantitative estimate of drug-likeness (QED) is 0.889. The van der Waals surface area contributed by atoms with Crippen LogP contribution >= 0.6 is 0 Å². The highest BCUT2D eigenvalue weighted by Gasteiger charge is 2.22. The highest BCUT2D eigenvalue weighted by molar-refractivity contribution is 5.27. The van der Waals surface area contributed by atoms with Crippen molar-refractivity contribution in [3.05, 3.63) is 59.7 Å². The minimum Gasteiger partial charge on any atom is -0.308 e. The second-order valence-electron chi connectivity index (χ2n) is 4.66. The number of rotatable bonds is 4. The fourth-order valence-corrected chi connectivity index (χ4v) is 2.53. The maximum atomic E-state index is 4.49. The van der Waals surface area contributed by atoms with E-state index in [0.29, 0.717) is 6.04 Å². The molecule has 18 heavy (non-hydrogen) atoms. The first kappa shape index (κ1) is 11.4. The molecule has 3 heteroatoms. The van der Waals surface area contributed by atoms with E-state index in [0.717, 1.165) is 31.5 Å². The Kier molecular flexibility index (Phi) is 3.33. The molecule has 92 valence electrons. The molecule has 2 heterocycles. The van der Waals surface area contributed by atoms with Crippen LogP contribution in [-0.2, 0) is 12.8 Å². The number of hydrogen-bond donors (Lipinski definition) is 1. The second kappa shape index (κ2) is 5.27. The van der Waals surface area contributed by atoms with Gasteiger partial charge in [-0.2, -0.15) is 0 Å². The van der Waals surface area contributed by atoms with E-state index in [4.69, 9.17) is 0 Å². The van der Waals surface area contributed by atoms with Crippen LogP contribution in [0, 0.1) is 0 Å². The Morgan fingerprint density at radius 2 is 2.06 bits per heavy atom. The van der Waals surface area contributed by atoms with Crippen molar-refractivity contribution in [1.82, 2.24) is 15.3 Å². The summed E-state index contributed by atoms with van der Waals surface area (Å²) >= 11 is 0. The summed E-state index contributed by atoms with van der Waals surface area (Å²) in [7, 11) is 0. The smallest absolute Gasteiger partial charge is 0.0605 e. The second-order valence-corrected chi connectivity index (χ2v) is 4.66. The molecule has 0 saturated heterocycles. The molecule has 2 aromatic rings. The SMILES string of the molecule is c1ccc(CCNC2CCc3cccnc32)nc1. The highest BCUT2D eigenvalue weighted by Crippen LogP contribution is 2.28. The Hall–Kier alpha value is -1.74. The third-order valence-corrected chi connectivity index (χ3v) is 3.46. The standard InChI is InChI=1S/C15H17N3/c1-2-9-16-13(5-1)8-11-17-14-7-6-12-4-3-10-18-15(12)14/h1-5,9-10,14,17H,6-8,11H2. The van der Waals surface area contributed by atoms with E-state index in [1.807, 2.05) is 30.6 Å². The van der Waals surface area contributed by atoms with Crippen molar-refractivity contribution in [2.24, 2.45) is 0 Å². The first-order valence-electron chi connectivity index (χ1n) is 6.50. The summed E-state index contributed by atoms with van der Waals surface area (Å²) in [6.07, 6.45) is 7.01. The van der Waals surface area contributed by atoms with Crippen LogP contribution in [-0.4, -0.2) is 16.5 Å². The van der Waals surface area contributed by atoms with E-state index in [-0.39, 0.29) is 0 Å². The summed E-state index contributed by atoms with van der Waals surface area (Å²) in [6, 6.07) is 10.7. The third-order valence-electron chi connectivity index (χ3n) is 3.46. The van der Waals surface area contributed by atoms with Gasteiger partial charge in [-0.15, -0.1) is 0 Å². The van der Waals surface area contributed by atoms with Crippen molar-refractivity contribution in [3.63, 3.8) is 0 Å². The maximum absolute atomic E-state index is 4.49.